The van der Waals surface area contributed by atoms with E-state index in [9.17, 15) is 9.59 Å². The van der Waals surface area contributed by atoms with Gasteiger partial charge >= 0.3 is 11.9 Å². The van der Waals surface area contributed by atoms with Gasteiger partial charge in [-0.3, -0.25) is 0 Å². The molecule has 0 fully saturated rings. The van der Waals surface area contributed by atoms with E-state index in [1.807, 2.05) is 0 Å². The Balaban J connectivity index is 3.17. The highest BCUT2D eigenvalue weighted by Crippen LogP contribution is 2.21. The minimum atomic E-state index is -1.09. The Kier molecular flexibility index (Phi) is 2.14. The van der Waals surface area contributed by atoms with Gasteiger partial charge < -0.3 is 10.2 Å². The maximum atomic E-state index is 10.5. The number of carbonyl (C=O) groups is 2. The zero-order valence-electron chi connectivity index (χ0n) is 6.20. The van der Waals surface area contributed by atoms with Crippen LogP contribution in [0.1, 0.15) is 24.9 Å². The van der Waals surface area contributed by atoms with Crippen molar-refractivity contribution < 1.29 is 19.8 Å². The summed E-state index contributed by atoms with van der Waals surface area (Å²) in [6.07, 6.45) is 0. The number of hydrogen-bond acceptors (Lipinski definition) is 3. The number of rotatable bonds is 2. The van der Waals surface area contributed by atoms with Gasteiger partial charge in [0.05, 0.1) is 0 Å². The Hall–Kier alpha value is -1.36. The van der Waals surface area contributed by atoms with Gasteiger partial charge in [0.15, 0.2) is 0 Å². The second-order valence-corrected chi connectivity index (χ2v) is 3.29. The molecular weight excluding hydrogens is 180 g/mol. The van der Waals surface area contributed by atoms with Gasteiger partial charge in [-0.25, -0.2) is 9.59 Å². The molecule has 0 aliphatic rings. The SMILES string of the molecule is Cc1cc(C(=O)O)sc1C(=O)O. The van der Waals surface area contributed by atoms with E-state index in [0.717, 1.165) is 11.3 Å². The summed E-state index contributed by atoms with van der Waals surface area (Å²) in [5.74, 6) is -2.17. The maximum Gasteiger partial charge on any atom is 0.346 e. The van der Waals surface area contributed by atoms with Gasteiger partial charge in [-0.05, 0) is 18.6 Å². The third-order valence-electron chi connectivity index (χ3n) is 1.32. The lowest BCUT2D eigenvalue weighted by Gasteiger charge is -1.86. The highest BCUT2D eigenvalue weighted by molar-refractivity contribution is 7.15. The van der Waals surface area contributed by atoms with E-state index in [-0.39, 0.29) is 9.75 Å². The van der Waals surface area contributed by atoms with Crippen LogP contribution < -0.4 is 0 Å². The molecule has 1 aromatic rings. The fraction of sp³-hybridized carbons (Fsp3) is 0.143. The zero-order chi connectivity index (χ0) is 9.30. The molecule has 64 valence electrons. The second-order valence-electron chi connectivity index (χ2n) is 2.23. The predicted molar refractivity (Wildman–Crippen MR) is 43.0 cm³/mol. The van der Waals surface area contributed by atoms with Crippen molar-refractivity contribution in [3.63, 3.8) is 0 Å². The van der Waals surface area contributed by atoms with Gasteiger partial charge in [0, 0.05) is 0 Å². The number of thiophene rings is 1. The smallest absolute Gasteiger partial charge is 0.346 e. The highest BCUT2D eigenvalue weighted by atomic mass is 32.1. The molecule has 0 unspecified atom stereocenters. The van der Waals surface area contributed by atoms with Crippen LogP contribution in [-0.2, 0) is 0 Å². The lowest BCUT2D eigenvalue weighted by Crippen LogP contribution is -1.93. The summed E-state index contributed by atoms with van der Waals surface area (Å²) in [6.45, 7) is 1.58. The van der Waals surface area contributed by atoms with E-state index < -0.39 is 11.9 Å². The molecule has 1 rings (SSSR count). The molecule has 0 atom stereocenters. The van der Waals surface area contributed by atoms with Gasteiger partial charge in [0.25, 0.3) is 0 Å². The Labute approximate surface area is 72.1 Å². The van der Waals surface area contributed by atoms with Crippen molar-refractivity contribution in [1.82, 2.24) is 0 Å². The molecule has 0 aromatic carbocycles. The minimum Gasteiger partial charge on any atom is -0.477 e. The highest BCUT2D eigenvalue weighted by Gasteiger charge is 2.15. The molecule has 0 spiro atoms. The van der Waals surface area contributed by atoms with Gasteiger partial charge in [-0.2, -0.15) is 0 Å². The molecule has 4 nitrogen and oxygen atoms in total. The minimum absolute atomic E-state index is 0.0601. The number of carboxylic acids is 2. The Bertz CT molecular complexity index is 339. The molecule has 1 aromatic heterocycles. The third kappa shape index (κ3) is 1.45. The summed E-state index contributed by atoms with van der Waals surface area (Å²) < 4.78 is 0. The largest absolute Gasteiger partial charge is 0.477 e. The Morgan fingerprint density at radius 2 is 1.92 bits per heavy atom. The summed E-state index contributed by atoms with van der Waals surface area (Å²) in [5.41, 5.74) is 0.491. The lowest BCUT2D eigenvalue weighted by molar-refractivity contribution is 0.0692. The Morgan fingerprint density at radius 1 is 1.33 bits per heavy atom. The molecule has 2 N–H and O–H groups in total. The van der Waals surface area contributed by atoms with E-state index in [1.165, 1.54) is 6.07 Å². The number of aromatic carboxylic acids is 2. The first-order chi connectivity index (χ1) is 5.52. The summed E-state index contributed by atoms with van der Waals surface area (Å²) in [5, 5.41) is 17.1. The molecule has 5 heteroatoms. The summed E-state index contributed by atoms with van der Waals surface area (Å²) in [4.78, 5) is 21.0. The molecule has 12 heavy (non-hydrogen) atoms. The van der Waals surface area contributed by atoms with Crippen molar-refractivity contribution >= 4 is 23.3 Å². The van der Waals surface area contributed by atoms with Crippen molar-refractivity contribution in [2.75, 3.05) is 0 Å². The van der Waals surface area contributed by atoms with Crippen LogP contribution >= 0.6 is 11.3 Å². The van der Waals surface area contributed by atoms with Gasteiger partial charge in [-0.1, -0.05) is 0 Å². The van der Waals surface area contributed by atoms with E-state index in [4.69, 9.17) is 10.2 Å². The van der Waals surface area contributed by atoms with Crippen molar-refractivity contribution in [3.05, 3.63) is 21.4 Å². The fourth-order valence-corrected chi connectivity index (χ4v) is 1.65. The quantitative estimate of drug-likeness (QED) is 0.733. The first kappa shape index (κ1) is 8.73. The molecule has 0 aliphatic heterocycles. The summed E-state index contributed by atoms with van der Waals surface area (Å²) >= 11 is 0.777. The molecule has 0 aliphatic carbocycles. The van der Waals surface area contributed by atoms with Crippen LogP contribution in [0.4, 0.5) is 0 Å². The monoisotopic (exact) mass is 186 g/mol. The second kappa shape index (κ2) is 2.94. The van der Waals surface area contributed by atoms with Gasteiger partial charge in [-0.15, -0.1) is 11.3 Å². The number of carboxylic acid groups (broad SMARTS) is 2. The first-order valence-corrected chi connectivity index (χ1v) is 3.91. The standard InChI is InChI=1S/C7H6O4S/c1-3-2-4(6(8)9)12-5(3)7(10)11/h2H,1H3,(H,8,9)(H,10,11). The molecule has 0 saturated carbocycles. The van der Waals surface area contributed by atoms with E-state index in [0.29, 0.717) is 5.56 Å². The maximum absolute atomic E-state index is 10.5. The first-order valence-electron chi connectivity index (χ1n) is 3.09. The lowest BCUT2D eigenvalue weighted by atomic mass is 10.3. The molecule has 0 amide bonds. The molecule has 0 saturated heterocycles. The zero-order valence-corrected chi connectivity index (χ0v) is 7.01. The van der Waals surface area contributed by atoms with Crippen LogP contribution in [0.15, 0.2) is 6.07 Å². The summed E-state index contributed by atoms with van der Waals surface area (Å²) in [6, 6.07) is 1.36. The topological polar surface area (TPSA) is 74.6 Å². The van der Waals surface area contributed by atoms with Crippen molar-refractivity contribution in [3.8, 4) is 0 Å². The van der Waals surface area contributed by atoms with E-state index in [1.54, 1.807) is 6.92 Å². The third-order valence-corrected chi connectivity index (χ3v) is 2.54. The van der Waals surface area contributed by atoms with Gasteiger partial charge in [0.2, 0.25) is 0 Å². The average Bonchev–Trinajstić information content (AvgIpc) is 2.30. The van der Waals surface area contributed by atoms with E-state index >= 15 is 0 Å². The van der Waals surface area contributed by atoms with Crippen molar-refractivity contribution in [2.24, 2.45) is 0 Å². The van der Waals surface area contributed by atoms with Gasteiger partial charge in [0.1, 0.15) is 9.75 Å². The fourth-order valence-electron chi connectivity index (χ4n) is 0.800. The summed E-state index contributed by atoms with van der Waals surface area (Å²) in [7, 11) is 0. The average molecular weight is 186 g/mol. The van der Waals surface area contributed by atoms with Crippen molar-refractivity contribution in [1.29, 1.82) is 0 Å². The van der Waals surface area contributed by atoms with Crippen LogP contribution in [0.5, 0.6) is 0 Å². The number of hydrogen-bond donors (Lipinski definition) is 2. The van der Waals surface area contributed by atoms with Crippen LogP contribution in [0.2, 0.25) is 0 Å². The molecule has 1 heterocycles. The normalized spacial score (nSPS) is 9.75. The van der Waals surface area contributed by atoms with Crippen molar-refractivity contribution in [2.45, 2.75) is 6.92 Å². The van der Waals surface area contributed by atoms with E-state index in [2.05, 4.69) is 0 Å². The number of aryl methyl sites for hydroxylation is 1. The molecule has 0 radical (unpaired) electrons. The van der Waals surface area contributed by atoms with Crippen LogP contribution in [0.3, 0.4) is 0 Å². The van der Waals surface area contributed by atoms with Crippen LogP contribution in [0.25, 0.3) is 0 Å². The van der Waals surface area contributed by atoms with Crippen LogP contribution in [-0.4, -0.2) is 22.2 Å². The molecular formula is C7H6O4S. The predicted octanol–water partition coefficient (Wildman–Crippen LogP) is 1.45. The molecule has 0 bridgehead atoms. The Morgan fingerprint density at radius 3 is 2.17 bits per heavy atom. The van der Waals surface area contributed by atoms with Crippen LogP contribution in [0, 0.1) is 6.92 Å².